The van der Waals surface area contributed by atoms with Gasteiger partial charge in [0.05, 0.1) is 32.6 Å². The first-order valence-electron chi connectivity index (χ1n) is 19.3. The number of hydrogen-bond donors (Lipinski definition) is 2. The van der Waals surface area contributed by atoms with Crippen LogP contribution in [0.2, 0.25) is 0 Å². The molecule has 8 bridgehead atoms. The zero-order chi connectivity index (χ0) is 43.5. The molecule has 7 aromatic rings. The molecule has 9 rings (SSSR count). The second-order valence-electron chi connectivity index (χ2n) is 15.1. The maximum Gasteiger partial charge on any atom is 0.294 e. The van der Waals surface area contributed by atoms with Gasteiger partial charge in [0.1, 0.15) is 0 Å². The van der Waals surface area contributed by atoms with Crippen LogP contribution in [0.1, 0.15) is 22.8 Å². The first kappa shape index (κ1) is 41.1. The molecule has 4 aromatic carbocycles. The Labute approximate surface area is 367 Å². The van der Waals surface area contributed by atoms with Crippen LogP contribution in [-0.2, 0) is 20.2 Å². The highest BCUT2D eigenvalue weighted by Crippen LogP contribution is 2.43. The predicted molar refractivity (Wildman–Crippen MR) is 256 cm³/mol. The number of thiophene rings is 2. The summed E-state index contributed by atoms with van der Waals surface area (Å²) in [6, 6.07) is 37.1. The minimum absolute atomic E-state index is 0.227. The molecule has 0 unspecified atom stereocenters. The molecule has 310 valence electrons. The third-order valence-electron chi connectivity index (χ3n) is 10.7. The molecule has 0 fully saturated rings. The van der Waals surface area contributed by atoms with Gasteiger partial charge in [-0.1, -0.05) is 48.5 Å². The molecule has 62 heavy (non-hydrogen) atoms. The molecule has 14 heteroatoms. The highest BCUT2D eigenvalue weighted by molar-refractivity contribution is 7.86. The van der Waals surface area contributed by atoms with Gasteiger partial charge in [0.2, 0.25) is 0 Å². The zero-order valence-electron chi connectivity index (χ0n) is 33.8. The Balaban J connectivity index is 1.43. The SMILES string of the molecule is CN(C)c1ccc(-c2c3nc(c(-c4ccc(S(=O)(=O)O)cc4)c4ccc(s4)c(-c4ccc(S(=O)(=O)O)cc4)c4nc(c(-c5ccc(N(C)C)cc5)c5ccc2s5)C=C4)C=C3)cc1. The second-order valence-corrected chi connectivity index (χ2v) is 20.2. The lowest BCUT2D eigenvalue weighted by Crippen LogP contribution is -2.07. The first-order chi connectivity index (χ1) is 29.6. The van der Waals surface area contributed by atoms with Crippen LogP contribution in [-0.4, -0.2) is 64.1 Å². The molecule has 0 saturated heterocycles. The van der Waals surface area contributed by atoms with E-state index in [0.717, 1.165) is 74.9 Å². The van der Waals surface area contributed by atoms with Crippen LogP contribution in [0.5, 0.6) is 0 Å². The van der Waals surface area contributed by atoms with Gasteiger partial charge >= 0.3 is 0 Å². The van der Waals surface area contributed by atoms with Gasteiger partial charge < -0.3 is 9.80 Å². The van der Waals surface area contributed by atoms with Gasteiger partial charge in [-0.2, -0.15) is 16.8 Å². The van der Waals surface area contributed by atoms with Crippen molar-refractivity contribution < 1.29 is 25.9 Å². The van der Waals surface area contributed by atoms with Crippen LogP contribution < -0.4 is 9.80 Å². The molecular weight excluding hydrogens is 857 g/mol. The second kappa shape index (κ2) is 15.9. The monoisotopic (exact) mass is 894 g/mol. The maximum absolute atomic E-state index is 12.1. The molecule has 0 spiro atoms. The largest absolute Gasteiger partial charge is 0.378 e. The molecule has 3 aromatic heterocycles. The fourth-order valence-electron chi connectivity index (χ4n) is 7.60. The quantitative estimate of drug-likeness (QED) is 0.142. The van der Waals surface area contributed by atoms with E-state index in [2.05, 4.69) is 70.5 Å². The van der Waals surface area contributed by atoms with Crippen LogP contribution in [0.4, 0.5) is 11.4 Å². The van der Waals surface area contributed by atoms with Crippen molar-refractivity contribution in [1.82, 2.24) is 9.97 Å². The standard InChI is InChI=1S/C48H38N4O6S4/c1-51(2)33-13-5-29(6-14-33)45-37-21-23-39(49-37)47(31-9-17-35(18-10-31)61(53,54)55)43-27-28-44(60-43)48(32-11-19-36(20-12-32)62(56,57)58)40-24-22-38(50-40)46(42-26-25-41(45)59-42)30-7-15-34(16-8-30)52(3)4/h5-28H,1-4H3,(H,53,54,55)(H,56,57,58). The van der Waals surface area contributed by atoms with Gasteiger partial charge in [-0.3, -0.25) is 9.11 Å². The summed E-state index contributed by atoms with van der Waals surface area (Å²) in [5, 5.41) is 0. The summed E-state index contributed by atoms with van der Waals surface area (Å²) in [7, 11) is -0.858. The van der Waals surface area contributed by atoms with Crippen molar-refractivity contribution in [2.24, 2.45) is 0 Å². The van der Waals surface area contributed by atoms with Crippen molar-refractivity contribution in [3.8, 4) is 44.5 Å². The van der Waals surface area contributed by atoms with Crippen molar-refractivity contribution in [1.29, 1.82) is 0 Å². The van der Waals surface area contributed by atoms with E-state index in [1.165, 1.54) is 35.6 Å². The molecule has 0 radical (unpaired) electrons. The minimum Gasteiger partial charge on any atom is -0.378 e. The lowest BCUT2D eigenvalue weighted by Gasteiger charge is -2.13. The van der Waals surface area contributed by atoms with E-state index in [1.807, 2.05) is 64.6 Å². The van der Waals surface area contributed by atoms with E-state index in [-0.39, 0.29) is 9.79 Å². The van der Waals surface area contributed by atoms with Gasteiger partial charge in [0, 0.05) is 80.6 Å². The smallest absolute Gasteiger partial charge is 0.294 e. The molecule has 2 aliphatic heterocycles. The molecule has 5 heterocycles. The van der Waals surface area contributed by atoms with Crippen molar-refractivity contribution in [3.63, 3.8) is 0 Å². The summed E-state index contributed by atoms with van der Waals surface area (Å²) < 4.78 is 71.6. The molecular formula is C48H38N4O6S4. The summed E-state index contributed by atoms with van der Waals surface area (Å²) in [6.45, 7) is 0. The average molecular weight is 895 g/mol. The Hall–Kier alpha value is -6.26. The van der Waals surface area contributed by atoms with E-state index < -0.39 is 20.2 Å². The van der Waals surface area contributed by atoms with Crippen molar-refractivity contribution in [2.45, 2.75) is 9.79 Å². The number of fused-ring (bicyclic) bond motifs is 8. The molecule has 0 amide bonds. The van der Waals surface area contributed by atoms with Crippen LogP contribution in [0, 0.1) is 0 Å². The van der Waals surface area contributed by atoms with Crippen molar-refractivity contribution in [2.75, 3.05) is 38.0 Å². The van der Waals surface area contributed by atoms with E-state index in [0.29, 0.717) is 22.5 Å². The van der Waals surface area contributed by atoms with E-state index in [4.69, 9.17) is 9.97 Å². The van der Waals surface area contributed by atoms with Gasteiger partial charge in [-0.05, 0) is 119 Å². The lowest BCUT2D eigenvalue weighted by molar-refractivity contribution is 0.481. The lowest BCUT2D eigenvalue weighted by atomic mass is 10.0. The molecule has 2 aliphatic rings. The molecule has 0 aliphatic carbocycles. The van der Waals surface area contributed by atoms with Crippen molar-refractivity contribution >= 4 is 97.4 Å². The van der Waals surface area contributed by atoms with Gasteiger partial charge in [0.25, 0.3) is 20.2 Å². The van der Waals surface area contributed by atoms with Crippen LogP contribution in [0.15, 0.2) is 131 Å². The number of anilines is 2. The fourth-order valence-corrected chi connectivity index (χ4v) is 10.9. The number of hydrogen-bond acceptors (Lipinski definition) is 10. The zero-order valence-corrected chi connectivity index (χ0v) is 37.1. The number of benzene rings is 4. The summed E-state index contributed by atoms with van der Waals surface area (Å²) in [4.78, 5) is 14.3. The Morgan fingerprint density at radius 3 is 0.855 bits per heavy atom. The first-order valence-corrected chi connectivity index (χ1v) is 23.8. The van der Waals surface area contributed by atoms with E-state index in [1.54, 1.807) is 35.6 Å². The summed E-state index contributed by atoms with van der Waals surface area (Å²) in [5.74, 6) is 0. The number of nitrogens with zero attached hydrogens (tertiary/aromatic N) is 4. The van der Waals surface area contributed by atoms with E-state index in [9.17, 15) is 25.9 Å². The predicted octanol–water partition coefficient (Wildman–Crippen LogP) is 11.4. The molecule has 0 saturated carbocycles. The minimum atomic E-state index is -4.44. The third-order valence-corrected chi connectivity index (χ3v) is 14.7. The van der Waals surface area contributed by atoms with Crippen LogP contribution in [0.25, 0.3) is 87.6 Å². The van der Waals surface area contributed by atoms with Crippen LogP contribution in [0.3, 0.4) is 0 Å². The summed E-state index contributed by atoms with van der Waals surface area (Å²) in [5.41, 5.74) is 11.6. The third kappa shape index (κ3) is 7.88. The van der Waals surface area contributed by atoms with Gasteiger partial charge in [-0.25, -0.2) is 9.97 Å². The highest BCUT2D eigenvalue weighted by atomic mass is 32.2. The Bertz CT molecular complexity index is 3150. The fraction of sp³-hybridized carbons (Fsp3) is 0.0833. The maximum atomic E-state index is 12.1. The molecule has 2 N–H and O–H groups in total. The van der Waals surface area contributed by atoms with Gasteiger partial charge in [-0.15, -0.1) is 22.7 Å². The Kier molecular flexibility index (Phi) is 10.5. The molecule has 10 nitrogen and oxygen atoms in total. The average Bonchev–Trinajstić information content (AvgIpc) is 4.09. The number of rotatable bonds is 8. The van der Waals surface area contributed by atoms with E-state index >= 15 is 0 Å². The Morgan fingerprint density at radius 2 is 0.629 bits per heavy atom. The summed E-state index contributed by atoms with van der Waals surface area (Å²) in [6.07, 6.45) is 7.95. The van der Waals surface area contributed by atoms with Gasteiger partial charge in [0.15, 0.2) is 0 Å². The number of aromatic nitrogens is 2. The highest BCUT2D eigenvalue weighted by Gasteiger charge is 2.21. The molecule has 0 atom stereocenters. The van der Waals surface area contributed by atoms with Crippen molar-refractivity contribution in [3.05, 3.63) is 144 Å². The summed E-state index contributed by atoms with van der Waals surface area (Å²) >= 11 is 3.12. The Morgan fingerprint density at radius 1 is 0.387 bits per heavy atom. The van der Waals surface area contributed by atoms with Crippen LogP contribution >= 0.6 is 22.7 Å². The topological polar surface area (TPSA) is 141 Å². The normalized spacial score (nSPS) is 12.5.